The number of carbonyl (C=O) groups excluding carboxylic acids is 7. The van der Waals surface area contributed by atoms with Crippen LogP contribution in [0.15, 0.2) is 50.6 Å². The second-order valence-corrected chi connectivity index (χ2v) is 23.0. The minimum absolute atomic E-state index is 0.0230. The van der Waals surface area contributed by atoms with E-state index in [9.17, 15) is 38.4 Å². The fourth-order valence-corrected chi connectivity index (χ4v) is 10.3. The van der Waals surface area contributed by atoms with Crippen molar-refractivity contribution in [1.29, 1.82) is 0 Å². The van der Waals surface area contributed by atoms with Gasteiger partial charge in [0.1, 0.15) is 34.9 Å². The molecule has 0 spiro atoms. The first kappa shape index (κ1) is 66.1. The van der Waals surface area contributed by atoms with Crippen LogP contribution in [0.4, 0.5) is 9.59 Å². The predicted octanol–water partition coefficient (Wildman–Crippen LogP) is 9.07. The van der Waals surface area contributed by atoms with Crippen LogP contribution in [0.5, 0.6) is 0 Å². The molecule has 75 heavy (non-hydrogen) atoms. The molecule has 0 aromatic rings. The molecule has 0 aromatic carbocycles. The Hall–Kier alpha value is -5.00. The van der Waals surface area contributed by atoms with Crippen molar-refractivity contribution in [2.45, 2.75) is 207 Å². The maximum absolute atomic E-state index is 13.9. The fraction of sp³-hybridized carbons (Fsp3) is 0.724. The SMILES string of the molecule is C=CCCCCC[C@H](NC(=O)OC(C)(C)C)C(=O)N1C[C@H](OC)C(C)[C@H]1C(=O)C[C@]1(C(C)=O)C[C@H]1C=C.C=CCCCCC[C@H](NC(=O)OC(C)(C)C)C(=O)O.C=C[C@@H]1C[C@]1(CC(=O)[C@H]1NC[C@H](OC)C1C)C(C)=O. The third-order valence-electron chi connectivity index (χ3n) is 15.0. The third kappa shape index (κ3) is 20.1. The summed E-state index contributed by atoms with van der Waals surface area (Å²) in [5.41, 5.74) is -2.53. The van der Waals surface area contributed by atoms with E-state index in [0.717, 1.165) is 57.8 Å². The van der Waals surface area contributed by atoms with Crippen LogP contribution < -0.4 is 16.0 Å². The summed E-state index contributed by atoms with van der Waals surface area (Å²) >= 11 is 0. The number of ether oxygens (including phenoxy) is 4. The molecule has 0 radical (unpaired) electrons. The molecule has 4 fully saturated rings. The van der Waals surface area contributed by atoms with Gasteiger partial charge in [0.2, 0.25) is 5.91 Å². The zero-order valence-corrected chi connectivity index (χ0v) is 47.5. The van der Waals surface area contributed by atoms with E-state index in [2.05, 4.69) is 42.3 Å². The molecule has 2 unspecified atom stereocenters. The average molecular weight is 1060 g/mol. The lowest BCUT2D eigenvalue weighted by atomic mass is 9.86. The Kier molecular flexibility index (Phi) is 26.5. The summed E-state index contributed by atoms with van der Waals surface area (Å²) < 4.78 is 21.4. The van der Waals surface area contributed by atoms with Gasteiger partial charge in [-0.1, -0.05) is 63.8 Å². The van der Waals surface area contributed by atoms with Gasteiger partial charge in [-0.15, -0.1) is 26.3 Å². The van der Waals surface area contributed by atoms with E-state index in [1.807, 2.05) is 26.0 Å². The average Bonchev–Trinajstić information content (AvgIpc) is 4.14. The van der Waals surface area contributed by atoms with Crippen molar-refractivity contribution >= 4 is 47.2 Å². The number of ketones is 4. The number of allylic oxidation sites excluding steroid dienone is 4. The van der Waals surface area contributed by atoms with E-state index >= 15 is 0 Å². The number of rotatable bonds is 28. The van der Waals surface area contributed by atoms with Gasteiger partial charge in [0.25, 0.3) is 0 Å². The van der Waals surface area contributed by atoms with E-state index in [0.29, 0.717) is 32.2 Å². The molecule has 0 aromatic heterocycles. The van der Waals surface area contributed by atoms with Crippen molar-refractivity contribution in [2.24, 2.45) is 34.5 Å². The topological polar surface area (TPSA) is 233 Å². The number of carboxylic acid groups (broad SMARTS) is 1. The first-order chi connectivity index (χ1) is 35.0. The highest BCUT2D eigenvalue weighted by Crippen LogP contribution is 2.58. The number of hydrogen-bond donors (Lipinski definition) is 4. The lowest BCUT2D eigenvalue weighted by Crippen LogP contribution is -2.53. The van der Waals surface area contributed by atoms with Crippen molar-refractivity contribution < 1.29 is 62.4 Å². The molecule has 2 saturated heterocycles. The Morgan fingerprint density at radius 3 is 1.48 bits per heavy atom. The van der Waals surface area contributed by atoms with Crippen molar-refractivity contribution in [3.8, 4) is 0 Å². The largest absolute Gasteiger partial charge is 0.480 e. The number of unbranched alkanes of at least 4 members (excludes halogenated alkanes) is 6. The Bertz CT molecular complexity index is 2010. The number of hydrogen-bond acceptors (Lipinski definition) is 13. The normalized spacial score (nSPS) is 27.3. The van der Waals surface area contributed by atoms with Gasteiger partial charge in [-0.2, -0.15) is 0 Å². The summed E-state index contributed by atoms with van der Waals surface area (Å²) in [6.45, 7) is 33.4. The predicted molar refractivity (Wildman–Crippen MR) is 290 cm³/mol. The molecule has 17 heteroatoms. The van der Waals surface area contributed by atoms with Gasteiger partial charge in [-0.25, -0.2) is 14.4 Å². The number of amides is 3. The molecule has 4 aliphatic rings. The summed E-state index contributed by atoms with van der Waals surface area (Å²) in [5, 5.41) is 17.4. The molecule has 2 aliphatic carbocycles. The molecule has 12 atom stereocenters. The van der Waals surface area contributed by atoms with Gasteiger partial charge in [-0.05, 0) is 119 Å². The van der Waals surface area contributed by atoms with Crippen molar-refractivity contribution in [2.75, 3.05) is 27.3 Å². The number of likely N-dealkylation sites (tertiary alicyclic amines) is 1. The fourth-order valence-electron chi connectivity index (χ4n) is 10.3. The van der Waals surface area contributed by atoms with Crippen LogP contribution in [-0.2, 0) is 47.7 Å². The van der Waals surface area contributed by atoms with Crippen LogP contribution in [0.2, 0.25) is 0 Å². The zero-order chi connectivity index (χ0) is 57.1. The van der Waals surface area contributed by atoms with Gasteiger partial charge < -0.3 is 44.9 Å². The van der Waals surface area contributed by atoms with Crippen LogP contribution in [0.1, 0.15) is 159 Å². The highest BCUT2D eigenvalue weighted by atomic mass is 16.6. The number of alkyl carbamates (subject to hydrolysis) is 2. The summed E-state index contributed by atoms with van der Waals surface area (Å²) in [6, 6.07) is -2.64. The molecule has 3 amide bonds. The quantitative estimate of drug-likeness (QED) is 0.0423. The van der Waals surface area contributed by atoms with Crippen molar-refractivity contribution in [3.63, 3.8) is 0 Å². The number of aliphatic carboxylic acids is 1. The van der Waals surface area contributed by atoms with Crippen LogP contribution in [0.3, 0.4) is 0 Å². The van der Waals surface area contributed by atoms with E-state index in [1.165, 1.54) is 6.92 Å². The lowest BCUT2D eigenvalue weighted by Gasteiger charge is -2.31. The van der Waals surface area contributed by atoms with Gasteiger partial charge >= 0.3 is 18.2 Å². The summed E-state index contributed by atoms with van der Waals surface area (Å²) in [7, 11) is 3.24. The Morgan fingerprint density at radius 1 is 0.667 bits per heavy atom. The number of methoxy groups -OCH3 is 2. The Morgan fingerprint density at radius 2 is 1.11 bits per heavy atom. The van der Waals surface area contributed by atoms with Crippen molar-refractivity contribution in [1.82, 2.24) is 20.9 Å². The molecular weight excluding hydrogens is 961 g/mol. The van der Waals surface area contributed by atoms with Gasteiger partial charge in [-0.3, -0.25) is 24.0 Å². The maximum atomic E-state index is 13.9. The minimum atomic E-state index is -1.03. The monoisotopic (exact) mass is 1050 g/mol. The smallest absolute Gasteiger partial charge is 0.408 e. The van der Waals surface area contributed by atoms with Crippen LogP contribution in [0.25, 0.3) is 0 Å². The van der Waals surface area contributed by atoms with E-state index in [-0.39, 0.29) is 83.9 Å². The summed E-state index contributed by atoms with van der Waals surface area (Å²) in [6.07, 6.45) is 15.3. The van der Waals surface area contributed by atoms with Crippen molar-refractivity contribution in [3.05, 3.63) is 50.6 Å². The van der Waals surface area contributed by atoms with Crippen LogP contribution in [-0.4, -0.2) is 132 Å². The summed E-state index contributed by atoms with van der Waals surface area (Å²) in [4.78, 5) is 101. The lowest BCUT2D eigenvalue weighted by molar-refractivity contribution is -0.141. The first-order valence-corrected chi connectivity index (χ1v) is 26.9. The first-order valence-electron chi connectivity index (χ1n) is 26.9. The zero-order valence-electron chi connectivity index (χ0n) is 47.5. The molecule has 4 rings (SSSR count). The Labute approximate surface area is 448 Å². The summed E-state index contributed by atoms with van der Waals surface area (Å²) in [5.74, 6) is -1.24. The Balaban J connectivity index is 0.000000425. The number of carboxylic acids is 1. The maximum Gasteiger partial charge on any atom is 0.408 e. The third-order valence-corrected chi connectivity index (χ3v) is 15.0. The molecule has 0 bridgehead atoms. The van der Waals surface area contributed by atoms with E-state index in [1.54, 1.807) is 79.7 Å². The molecule has 17 nitrogen and oxygen atoms in total. The van der Waals surface area contributed by atoms with Gasteiger partial charge in [0.05, 0.1) is 24.3 Å². The molecule has 424 valence electrons. The van der Waals surface area contributed by atoms with E-state index in [4.69, 9.17) is 24.1 Å². The van der Waals surface area contributed by atoms with Gasteiger partial charge in [0.15, 0.2) is 11.6 Å². The molecule has 2 heterocycles. The number of nitrogens with one attached hydrogen (secondary N) is 3. The minimum Gasteiger partial charge on any atom is -0.480 e. The number of carbonyl (C=O) groups is 8. The molecule has 2 saturated carbocycles. The second-order valence-electron chi connectivity index (χ2n) is 23.0. The molecular formula is C58H94N4O13. The second kappa shape index (κ2) is 30.1. The van der Waals surface area contributed by atoms with Crippen LogP contribution >= 0.6 is 0 Å². The standard InChI is InChI=1S/C29H46N2O6.C15H23NO3.C14H25NO4/c1-9-11-12-13-14-15-22(30-27(35)37-28(5,6)7)26(34)31-18-24(36-8)19(3)25(31)23(33)17-29(20(4)32)16-21(29)10-2;1-5-11-6-15(11,10(3)17)7-12(18)14-9(2)13(19-4)8-16-14;1-5-6-7-8-9-10-11(12(16)17)15-13(18)19-14(2,3)4/h9-10,19,21-22,24-25H,1-2,11-18H2,3-8H3,(H,30,35);5,9,11,13-14,16H,1,6-8H2,2-4H3;5,11H,1,6-10H2,2-4H3,(H,15,18)(H,16,17)/t19?,21-,22+,24+,25+,29+;9?,11-,13+,14+,15+;11-/m110/s1. The van der Waals surface area contributed by atoms with Crippen LogP contribution in [0, 0.1) is 34.5 Å². The van der Waals surface area contributed by atoms with E-state index < -0.39 is 58.3 Å². The number of nitrogens with zero attached hydrogens (tertiary/aromatic N) is 1. The highest BCUT2D eigenvalue weighted by Gasteiger charge is 2.60. The molecule has 2 aliphatic heterocycles. The highest BCUT2D eigenvalue weighted by molar-refractivity contribution is 5.98. The molecule has 4 N–H and O–H groups in total. The van der Waals surface area contributed by atoms with Gasteiger partial charge in [0, 0.05) is 62.8 Å². The number of Topliss-reactive ketones (excluding diaryl/α,β-unsaturated/α-hetero) is 4.